The molecule has 0 spiro atoms. The number of rotatable bonds is 6. The summed E-state index contributed by atoms with van der Waals surface area (Å²) in [6.07, 6.45) is 2.18. The summed E-state index contributed by atoms with van der Waals surface area (Å²) in [6.45, 7) is 4.72. The number of amides is 1. The highest BCUT2D eigenvalue weighted by Gasteiger charge is 2.07. The molecule has 1 atom stereocenters. The van der Waals surface area contributed by atoms with Crippen LogP contribution in [0.1, 0.15) is 29.8 Å². The molecule has 2 rings (SSSR count). The highest BCUT2D eigenvalue weighted by atomic mass is 32.1. The zero-order chi connectivity index (χ0) is 14.4. The van der Waals surface area contributed by atoms with Crippen molar-refractivity contribution in [1.29, 1.82) is 0 Å². The van der Waals surface area contributed by atoms with Gasteiger partial charge in [0, 0.05) is 30.1 Å². The average molecular weight is 289 g/mol. The van der Waals surface area contributed by atoms with Crippen molar-refractivity contribution in [3.63, 3.8) is 0 Å². The van der Waals surface area contributed by atoms with E-state index in [0.717, 1.165) is 5.56 Å². The third kappa shape index (κ3) is 4.43. The van der Waals surface area contributed by atoms with Crippen LogP contribution >= 0.6 is 11.3 Å². The summed E-state index contributed by atoms with van der Waals surface area (Å²) in [5.41, 5.74) is 1.08. The molecule has 2 aromatic heterocycles. The predicted octanol–water partition coefficient (Wildman–Crippen LogP) is 3.13. The predicted molar refractivity (Wildman–Crippen MR) is 83.0 cm³/mol. The van der Waals surface area contributed by atoms with Gasteiger partial charge >= 0.3 is 0 Å². The zero-order valence-corrected chi connectivity index (χ0v) is 12.5. The summed E-state index contributed by atoms with van der Waals surface area (Å²) in [6, 6.07) is 8.15. The summed E-state index contributed by atoms with van der Waals surface area (Å²) in [7, 11) is 0. The maximum atomic E-state index is 11.8. The van der Waals surface area contributed by atoms with Crippen LogP contribution in [0.3, 0.4) is 0 Å². The Morgan fingerprint density at radius 3 is 2.90 bits per heavy atom. The first-order chi connectivity index (χ1) is 9.65. The van der Waals surface area contributed by atoms with Gasteiger partial charge in [0.05, 0.1) is 0 Å². The number of carbonyl (C=O) groups excluding carboxylic acids is 1. The molecule has 106 valence electrons. The maximum absolute atomic E-state index is 11.8. The first-order valence-electron chi connectivity index (χ1n) is 6.64. The van der Waals surface area contributed by atoms with Crippen molar-refractivity contribution < 1.29 is 4.79 Å². The SMILES string of the molecule is Cc1ccc(NC(=O)CCN[C@H](C)c2cccs2)nc1. The molecule has 5 heteroatoms. The third-order valence-corrected chi connectivity index (χ3v) is 4.01. The van der Waals surface area contributed by atoms with Gasteiger partial charge in [0.25, 0.3) is 0 Å². The molecule has 2 N–H and O–H groups in total. The number of hydrogen-bond donors (Lipinski definition) is 2. The molecule has 2 aromatic rings. The van der Waals surface area contributed by atoms with Crippen molar-refractivity contribution in [2.75, 3.05) is 11.9 Å². The third-order valence-electron chi connectivity index (χ3n) is 2.95. The molecule has 20 heavy (non-hydrogen) atoms. The van der Waals surface area contributed by atoms with E-state index in [0.29, 0.717) is 18.8 Å². The number of nitrogens with one attached hydrogen (secondary N) is 2. The number of aromatic nitrogens is 1. The highest BCUT2D eigenvalue weighted by molar-refractivity contribution is 7.10. The second-order valence-corrected chi connectivity index (χ2v) is 5.69. The molecule has 0 unspecified atom stereocenters. The molecule has 0 saturated carbocycles. The number of hydrogen-bond acceptors (Lipinski definition) is 4. The Kier molecular flexibility index (Phi) is 5.26. The molecule has 0 aliphatic rings. The minimum atomic E-state index is -0.0211. The molecule has 0 radical (unpaired) electrons. The standard InChI is InChI=1S/C15H19N3OS/c1-11-5-6-14(17-10-11)18-15(19)7-8-16-12(2)13-4-3-9-20-13/h3-6,9-10,12,16H,7-8H2,1-2H3,(H,17,18,19)/t12-/m1/s1. The van der Waals surface area contributed by atoms with Crippen LogP contribution in [-0.4, -0.2) is 17.4 Å². The van der Waals surface area contributed by atoms with Crippen LogP contribution in [0.15, 0.2) is 35.8 Å². The molecular weight excluding hydrogens is 270 g/mol. The van der Waals surface area contributed by atoms with Gasteiger partial charge in [-0.2, -0.15) is 0 Å². The second-order valence-electron chi connectivity index (χ2n) is 4.71. The maximum Gasteiger partial charge on any atom is 0.226 e. The Morgan fingerprint density at radius 1 is 1.40 bits per heavy atom. The molecular formula is C15H19N3OS. The molecule has 0 fully saturated rings. The Bertz CT molecular complexity index is 537. The van der Waals surface area contributed by atoms with Crippen LogP contribution in [0.25, 0.3) is 0 Å². The van der Waals surface area contributed by atoms with Gasteiger partial charge in [-0.3, -0.25) is 4.79 Å². The lowest BCUT2D eigenvalue weighted by molar-refractivity contribution is -0.116. The van der Waals surface area contributed by atoms with Gasteiger partial charge < -0.3 is 10.6 Å². The molecule has 0 aliphatic carbocycles. The second kappa shape index (κ2) is 7.17. The Hall–Kier alpha value is -1.72. The summed E-state index contributed by atoms with van der Waals surface area (Å²) in [4.78, 5) is 17.2. The molecule has 0 aromatic carbocycles. The fraction of sp³-hybridized carbons (Fsp3) is 0.333. The summed E-state index contributed by atoms with van der Waals surface area (Å²) >= 11 is 1.72. The summed E-state index contributed by atoms with van der Waals surface area (Å²) < 4.78 is 0. The fourth-order valence-corrected chi connectivity index (χ4v) is 2.55. The van der Waals surface area contributed by atoms with E-state index in [4.69, 9.17) is 0 Å². The van der Waals surface area contributed by atoms with Crippen LogP contribution in [0.4, 0.5) is 5.82 Å². The highest BCUT2D eigenvalue weighted by Crippen LogP contribution is 2.17. The van der Waals surface area contributed by atoms with E-state index < -0.39 is 0 Å². The van der Waals surface area contributed by atoms with Crippen molar-refractivity contribution in [2.45, 2.75) is 26.3 Å². The Labute approximate surface area is 123 Å². The fourth-order valence-electron chi connectivity index (χ4n) is 1.79. The van der Waals surface area contributed by atoms with E-state index in [1.807, 2.05) is 25.1 Å². The minimum Gasteiger partial charge on any atom is -0.311 e. The number of pyridine rings is 1. The average Bonchev–Trinajstić information content (AvgIpc) is 2.95. The number of aryl methyl sites for hydroxylation is 1. The van der Waals surface area contributed by atoms with E-state index in [9.17, 15) is 4.79 Å². The number of thiophene rings is 1. The van der Waals surface area contributed by atoms with E-state index in [-0.39, 0.29) is 11.9 Å². The molecule has 2 heterocycles. The van der Waals surface area contributed by atoms with Crippen molar-refractivity contribution in [2.24, 2.45) is 0 Å². The number of carbonyl (C=O) groups is 1. The number of nitrogens with zero attached hydrogens (tertiary/aromatic N) is 1. The van der Waals surface area contributed by atoms with Crippen molar-refractivity contribution in [1.82, 2.24) is 10.3 Å². The van der Waals surface area contributed by atoms with E-state index in [2.05, 4.69) is 34.0 Å². The molecule has 4 nitrogen and oxygen atoms in total. The van der Waals surface area contributed by atoms with Crippen LogP contribution in [-0.2, 0) is 4.79 Å². The van der Waals surface area contributed by atoms with Crippen LogP contribution < -0.4 is 10.6 Å². The van der Waals surface area contributed by atoms with E-state index in [1.165, 1.54) is 4.88 Å². The zero-order valence-electron chi connectivity index (χ0n) is 11.7. The molecule has 1 amide bonds. The van der Waals surface area contributed by atoms with Crippen molar-refractivity contribution in [3.8, 4) is 0 Å². The van der Waals surface area contributed by atoms with Gasteiger partial charge in [-0.15, -0.1) is 11.3 Å². The van der Waals surface area contributed by atoms with Gasteiger partial charge in [0.15, 0.2) is 0 Å². The molecule has 0 saturated heterocycles. The first-order valence-corrected chi connectivity index (χ1v) is 7.52. The van der Waals surface area contributed by atoms with Crippen molar-refractivity contribution >= 4 is 23.1 Å². The lowest BCUT2D eigenvalue weighted by Gasteiger charge is -2.11. The Morgan fingerprint density at radius 2 is 2.25 bits per heavy atom. The normalized spacial score (nSPS) is 12.1. The smallest absolute Gasteiger partial charge is 0.226 e. The van der Waals surface area contributed by atoms with Crippen molar-refractivity contribution in [3.05, 3.63) is 46.3 Å². The van der Waals surface area contributed by atoms with E-state index >= 15 is 0 Å². The topological polar surface area (TPSA) is 54.0 Å². The monoisotopic (exact) mass is 289 g/mol. The largest absolute Gasteiger partial charge is 0.311 e. The van der Waals surface area contributed by atoms with Crippen LogP contribution in [0, 0.1) is 6.92 Å². The van der Waals surface area contributed by atoms with E-state index in [1.54, 1.807) is 17.5 Å². The number of anilines is 1. The summed E-state index contributed by atoms with van der Waals surface area (Å²) in [5.74, 6) is 0.583. The van der Waals surface area contributed by atoms with Gasteiger partial charge in [-0.05, 0) is 36.9 Å². The van der Waals surface area contributed by atoms with Crippen LogP contribution in [0.2, 0.25) is 0 Å². The lowest BCUT2D eigenvalue weighted by Crippen LogP contribution is -2.24. The van der Waals surface area contributed by atoms with Gasteiger partial charge in [-0.25, -0.2) is 4.98 Å². The molecule has 0 bridgehead atoms. The minimum absolute atomic E-state index is 0.0211. The molecule has 0 aliphatic heterocycles. The lowest BCUT2D eigenvalue weighted by atomic mass is 10.2. The van der Waals surface area contributed by atoms with Crippen LogP contribution in [0.5, 0.6) is 0 Å². The quantitative estimate of drug-likeness (QED) is 0.859. The van der Waals surface area contributed by atoms with Gasteiger partial charge in [-0.1, -0.05) is 12.1 Å². The Balaban J connectivity index is 1.71. The van der Waals surface area contributed by atoms with Gasteiger partial charge in [0.2, 0.25) is 5.91 Å². The van der Waals surface area contributed by atoms with Gasteiger partial charge in [0.1, 0.15) is 5.82 Å². The summed E-state index contributed by atoms with van der Waals surface area (Å²) in [5, 5.41) is 8.19. The first kappa shape index (κ1) is 14.7.